The van der Waals surface area contributed by atoms with Crippen molar-refractivity contribution < 1.29 is 5.48 Å². The highest BCUT2D eigenvalue weighted by atomic mass is 16.5. The van der Waals surface area contributed by atoms with Gasteiger partial charge in [-0.25, -0.2) is 0 Å². The summed E-state index contributed by atoms with van der Waals surface area (Å²) in [6, 6.07) is 6.76. The third-order valence-corrected chi connectivity index (χ3v) is 1.07. The van der Waals surface area contributed by atoms with Gasteiger partial charge in [0.15, 0.2) is 0 Å². The molecule has 1 rings (SSSR count). The maximum Gasteiger partial charge on any atom is 0.129 e. The van der Waals surface area contributed by atoms with Crippen molar-refractivity contribution >= 4 is 11.4 Å². The Kier molecular flexibility index (Phi) is 1.67. The van der Waals surface area contributed by atoms with E-state index < -0.39 is 0 Å². The molecule has 0 unspecified atom stereocenters. The number of rotatable bonds is 1. The normalized spacial score (nSPS) is 9.44. The molecule has 0 aliphatic heterocycles. The Hall–Kier alpha value is -1.06. The summed E-state index contributed by atoms with van der Waals surface area (Å²) in [6.07, 6.45) is 0. The molecule has 0 saturated carbocycles. The molecule has 0 heterocycles. The van der Waals surface area contributed by atoms with Crippen LogP contribution in [0.2, 0.25) is 0 Å². The fourth-order valence-electron chi connectivity index (χ4n) is 0.575. The lowest BCUT2D eigenvalue weighted by Crippen LogP contribution is -2.70. The Morgan fingerprint density at radius 2 is 1.78 bits per heavy atom. The molecule has 48 valence electrons. The summed E-state index contributed by atoms with van der Waals surface area (Å²) in [4.78, 5) is 0. The molecule has 3 nitrogen and oxygen atoms in total. The monoisotopic (exact) mass is 124 g/mol. The summed E-state index contributed by atoms with van der Waals surface area (Å²) in [5, 5.41) is 10.1. The van der Waals surface area contributed by atoms with Crippen molar-refractivity contribution in [3.63, 3.8) is 0 Å². The average molecular weight is 124 g/mol. The molecule has 1 aromatic carbocycles. The minimum absolute atomic E-state index is 0.657. The summed E-state index contributed by atoms with van der Waals surface area (Å²) in [7, 11) is 0. The van der Waals surface area contributed by atoms with Gasteiger partial charge in [-0.05, 0) is 12.1 Å². The van der Waals surface area contributed by atoms with Gasteiger partial charge in [-0.15, -0.1) is 0 Å². The molecule has 1 aromatic rings. The van der Waals surface area contributed by atoms with Crippen LogP contribution in [0, 0.1) is 5.21 Å². The largest absolute Gasteiger partial charge is 0.630 e. The Bertz CT molecular complexity index is 183. The van der Waals surface area contributed by atoms with Crippen LogP contribution in [0.1, 0.15) is 0 Å². The molecule has 0 radical (unpaired) electrons. The SMILES string of the molecule is Nc1ccc([NH2+][O-])cc1. The predicted molar refractivity (Wildman–Crippen MR) is 35.8 cm³/mol. The lowest BCUT2D eigenvalue weighted by molar-refractivity contribution is -0.497. The van der Waals surface area contributed by atoms with Gasteiger partial charge in [-0.2, -0.15) is 0 Å². The Labute approximate surface area is 53.1 Å². The smallest absolute Gasteiger partial charge is 0.129 e. The van der Waals surface area contributed by atoms with Crippen LogP contribution in [0.15, 0.2) is 24.3 Å². The number of hydrogen-bond acceptors (Lipinski definition) is 2. The number of nitrogen functional groups attached to an aromatic ring is 1. The van der Waals surface area contributed by atoms with Crippen molar-refractivity contribution in [1.29, 1.82) is 0 Å². The van der Waals surface area contributed by atoms with Gasteiger partial charge in [0.25, 0.3) is 0 Å². The number of anilines is 1. The minimum Gasteiger partial charge on any atom is -0.630 e. The van der Waals surface area contributed by atoms with E-state index >= 15 is 0 Å². The second-order valence-electron chi connectivity index (χ2n) is 1.78. The average Bonchev–Trinajstić information content (AvgIpc) is 1.90. The lowest BCUT2D eigenvalue weighted by atomic mass is 10.3. The van der Waals surface area contributed by atoms with Crippen LogP contribution in [0.5, 0.6) is 0 Å². The van der Waals surface area contributed by atoms with Crippen molar-refractivity contribution in [2.75, 3.05) is 5.73 Å². The third-order valence-electron chi connectivity index (χ3n) is 1.07. The molecule has 0 aliphatic carbocycles. The van der Waals surface area contributed by atoms with Gasteiger partial charge in [0, 0.05) is 17.8 Å². The van der Waals surface area contributed by atoms with Crippen LogP contribution < -0.4 is 11.2 Å². The number of benzene rings is 1. The van der Waals surface area contributed by atoms with E-state index in [0.717, 1.165) is 5.48 Å². The van der Waals surface area contributed by atoms with Gasteiger partial charge in [-0.1, -0.05) is 0 Å². The second-order valence-corrected chi connectivity index (χ2v) is 1.78. The quantitative estimate of drug-likeness (QED) is 0.407. The zero-order valence-electron chi connectivity index (χ0n) is 4.87. The van der Waals surface area contributed by atoms with Gasteiger partial charge in [0.2, 0.25) is 0 Å². The molecule has 0 fully saturated rings. The molecule has 0 bridgehead atoms. The summed E-state index contributed by atoms with van der Waals surface area (Å²) in [6.45, 7) is 0. The van der Waals surface area contributed by atoms with E-state index in [1.165, 1.54) is 0 Å². The molecule has 0 spiro atoms. The molecule has 0 amide bonds. The highest BCUT2D eigenvalue weighted by Gasteiger charge is 1.86. The zero-order chi connectivity index (χ0) is 6.69. The first-order valence-electron chi connectivity index (χ1n) is 2.63. The van der Waals surface area contributed by atoms with E-state index in [1.807, 2.05) is 0 Å². The van der Waals surface area contributed by atoms with E-state index in [2.05, 4.69) is 0 Å². The van der Waals surface area contributed by atoms with Gasteiger partial charge >= 0.3 is 0 Å². The van der Waals surface area contributed by atoms with Crippen molar-refractivity contribution in [2.45, 2.75) is 0 Å². The van der Waals surface area contributed by atoms with Crippen LogP contribution in [-0.4, -0.2) is 0 Å². The molecule has 4 N–H and O–H groups in total. The van der Waals surface area contributed by atoms with E-state index in [1.54, 1.807) is 24.3 Å². The first-order chi connectivity index (χ1) is 4.33. The molecule has 0 saturated heterocycles. The first-order valence-corrected chi connectivity index (χ1v) is 2.63. The standard InChI is InChI=1S/C6H8N2O/c7-5-1-3-6(8-9)4-2-5/h1-4H,7-8H2. The summed E-state index contributed by atoms with van der Waals surface area (Å²) >= 11 is 0. The van der Waals surface area contributed by atoms with Crippen molar-refractivity contribution in [2.24, 2.45) is 0 Å². The van der Waals surface area contributed by atoms with E-state index in [-0.39, 0.29) is 0 Å². The molecule has 0 aliphatic rings. The Balaban J connectivity index is 2.88. The lowest BCUT2D eigenvalue weighted by Gasteiger charge is -1.99. The highest BCUT2D eigenvalue weighted by molar-refractivity contribution is 5.43. The van der Waals surface area contributed by atoms with Crippen LogP contribution in [0.25, 0.3) is 0 Å². The fraction of sp³-hybridized carbons (Fsp3) is 0. The Morgan fingerprint density at radius 3 is 2.22 bits per heavy atom. The molecular weight excluding hydrogens is 116 g/mol. The molecular formula is C6H8N2O. The minimum atomic E-state index is 0.657. The highest BCUT2D eigenvalue weighted by Crippen LogP contribution is 2.04. The number of quaternary nitrogens is 1. The zero-order valence-corrected chi connectivity index (χ0v) is 4.87. The van der Waals surface area contributed by atoms with Crippen LogP contribution in [0.4, 0.5) is 11.4 Å². The van der Waals surface area contributed by atoms with E-state index in [9.17, 15) is 5.21 Å². The maximum absolute atomic E-state index is 10.1. The number of hydrogen-bond donors (Lipinski definition) is 2. The Morgan fingerprint density at radius 1 is 1.22 bits per heavy atom. The summed E-state index contributed by atoms with van der Waals surface area (Å²) in [5.41, 5.74) is 7.49. The van der Waals surface area contributed by atoms with Crippen molar-refractivity contribution in [1.82, 2.24) is 0 Å². The topological polar surface area (TPSA) is 65.7 Å². The fourth-order valence-corrected chi connectivity index (χ4v) is 0.575. The predicted octanol–water partition coefficient (Wildman–Crippen LogP) is -0.0385. The van der Waals surface area contributed by atoms with Gasteiger partial charge < -0.3 is 16.4 Å². The van der Waals surface area contributed by atoms with Crippen LogP contribution >= 0.6 is 0 Å². The van der Waals surface area contributed by atoms with Crippen molar-refractivity contribution in [3.05, 3.63) is 29.5 Å². The first kappa shape index (κ1) is 6.07. The molecule has 0 aromatic heterocycles. The summed E-state index contributed by atoms with van der Waals surface area (Å²) < 4.78 is 0. The summed E-state index contributed by atoms with van der Waals surface area (Å²) in [5.74, 6) is 0. The van der Waals surface area contributed by atoms with Gasteiger partial charge in [-0.3, -0.25) is 0 Å². The van der Waals surface area contributed by atoms with Gasteiger partial charge in [0.1, 0.15) is 5.69 Å². The molecule has 9 heavy (non-hydrogen) atoms. The van der Waals surface area contributed by atoms with E-state index in [0.29, 0.717) is 11.4 Å². The van der Waals surface area contributed by atoms with E-state index in [4.69, 9.17) is 5.73 Å². The van der Waals surface area contributed by atoms with Crippen LogP contribution in [-0.2, 0) is 0 Å². The molecule has 0 atom stereocenters. The second kappa shape index (κ2) is 2.48. The third kappa shape index (κ3) is 1.42. The maximum atomic E-state index is 10.1. The molecule has 3 heteroatoms. The number of nitrogens with two attached hydrogens (primary N) is 2. The van der Waals surface area contributed by atoms with Gasteiger partial charge in [0.05, 0.1) is 0 Å². The van der Waals surface area contributed by atoms with Crippen molar-refractivity contribution in [3.8, 4) is 0 Å². The van der Waals surface area contributed by atoms with Crippen LogP contribution in [0.3, 0.4) is 0 Å².